The number of phenols is 1. The quantitative estimate of drug-likeness (QED) is 0.838. The smallest absolute Gasteiger partial charge is 0.224 e. The number of nitrogens with one attached hydrogen (secondary N) is 1. The number of para-hydroxylation sites is 2. The number of aryl methyl sites for hydroxylation is 1. The van der Waals surface area contributed by atoms with Gasteiger partial charge in [0.2, 0.25) is 5.91 Å². The summed E-state index contributed by atoms with van der Waals surface area (Å²) < 4.78 is 0. The van der Waals surface area contributed by atoms with Crippen molar-refractivity contribution in [3.63, 3.8) is 0 Å². The van der Waals surface area contributed by atoms with Gasteiger partial charge in [-0.2, -0.15) is 0 Å². The van der Waals surface area contributed by atoms with Crippen LogP contribution >= 0.6 is 11.6 Å². The Morgan fingerprint density at radius 1 is 1.11 bits per heavy atom. The van der Waals surface area contributed by atoms with Crippen molar-refractivity contribution in [1.82, 2.24) is 0 Å². The zero-order chi connectivity index (χ0) is 13.7. The minimum atomic E-state index is -0.128. The topological polar surface area (TPSA) is 49.3 Å². The van der Waals surface area contributed by atoms with E-state index < -0.39 is 0 Å². The number of halogens is 1. The Hall–Kier alpha value is -2.00. The SMILES string of the molecule is O=C(CCc1ccc(Cl)cc1)Nc1ccccc1O. The zero-order valence-electron chi connectivity index (χ0n) is 10.3. The molecule has 0 aliphatic rings. The molecule has 0 fully saturated rings. The van der Waals surface area contributed by atoms with Crippen LogP contribution in [0.1, 0.15) is 12.0 Å². The fourth-order valence-electron chi connectivity index (χ4n) is 1.70. The number of phenolic OH excluding ortho intramolecular Hbond substituents is 1. The fraction of sp³-hybridized carbons (Fsp3) is 0.133. The molecule has 0 spiro atoms. The van der Waals surface area contributed by atoms with Gasteiger partial charge in [0.1, 0.15) is 5.75 Å². The van der Waals surface area contributed by atoms with Gasteiger partial charge < -0.3 is 10.4 Å². The number of amides is 1. The van der Waals surface area contributed by atoms with Gasteiger partial charge in [0.15, 0.2) is 0 Å². The zero-order valence-corrected chi connectivity index (χ0v) is 11.0. The summed E-state index contributed by atoms with van der Waals surface area (Å²) >= 11 is 5.79. The number of carbonyl (C=O) groups excluding carboxylic acids is 1. The molecule has 0 bridgehead atoms. The Bertz CT molecular complexity index is 567. The van der Waals surface area contributed by atoms with Crippen LogP contribution in [0.2, 0.25) is 5.02 Å². The molecular weight excluding hydrogens is 262 g/mol. The third kappa shape index (κ3) is 4.00. The van der Waals surface area contributed by atoms with Crippen LogP contribution in [0.3, 0.4) is 0 Å². The van der Waals surface area contributed by atoms with E-state index in [-0.39, 0.29) is 11.7 Å². The Kier molecular flexibility index (Phi) is 4.42. The number of hydrogen-bond donors (Lipinski definition) is 2. The highest BCUT2D eigenvalue weighted by Gasteiger charge is 2.06. The summed E-state index contributed by atoms with van der Waals surface area (Å²) in [6.07, 6.45) is 0.993. The molecule has 0 saturated heterocycles. The summed E-state index contributed by atoms with van der Waals surface area (Å²) in [7, 11) is 0. The van der Waals surface area contributed by atoms with Gasteiger partial charge >= 0.3 is 0 Å². The number of hydrogen-bond acceptors (Lipinski definition) is 2. The van der Waals surface area contributed by atoms with Gasteiger partial charge in [-0.05, 0) is 36.2 Å². The third-order valence-corrected chi connectivity index (χ3v) is 2.98. The number of benzene rings is 2. The summed E-state index contributed by atoms with van der Waals surface area (Å²) in [5, 5.41) is 12.9. The van der Waals surface area contributed by atoms with Gasteiger partial charge in [-0.25, -0.2) is 0 Å². The van der Waals surface area contributed by atoms with Gasteiger partial charge in [0, 0.05) is 11.4 Å². The van der Waals surface area contributed by atoms with Crippen LogP contribution in [-0.2, 0) is 11.2 Å². The first kappa shape index (κ1) is 13.4. The number of aromatic hydroxyl groups is 1. The van der Waals surface area contributed by atoms with E-state index in [0.29, 0.717) is 23.6 Å². The Morgan fingerprint density at radius 2 is 1.79 bits per heavy atom. The van der Waals surface area contributed by atoms with E-state index in [1.165, 1.54) is 6.07 Å². The normalized spacial score (nSPS) is 10.2. The van der Waals surface area contributed by atoms with Crippen LogP contribution in [-0.4, -0.2) is 11.0 Å². The average Bonchev–Trinajstić information content (AvgIpc) is 2.41. The van der Waals surface area contributed by atoms with E-state index in [4.69, 9.17) is 11.6 Å². The third-order valence-electron chi connectivity index (χ3n) is 2.73. The van der Waals surface area contributed by atoms with E-state index in [0.717, 1.165) is 5.56 Å². The summed E-state index contributed by atoms with van der Waals surface area (Å²) in [4.78, 5) is 11.8. The van der Waals surface area contributed by atoms with Gasteiger partial charge in [-0.15, -0.1) is 0 Å². The lowest BCUT2D eigenvalue weighted by Gasteiger charge is -2.07. The second-order valence-corrected chi connectivity index (χ2v) is 4.63. The maximum atomic E-state index is 11.8. The van der Waals surface area contributed by atoms with Gasteiger partial charge in [0.05, 0.1) is 5.69 Å². The Labute approximate surface area is 116 Å². The van der Waals surface area contributed by atoms with E-state index in [1.54, 1.807) is 30.3 Å². The van der Waals surface area contributed by atoms with Crippen LogP contribution < -0.4 is 5.32 Å². The van der Waals surface area contributed by atoms with E-state index >= 15 is 0 Å². The van der Waals surface area contributed by atoms with E-state index in [1.807, 2.05) is 12.1 Å². The van der Waals surface area contributed by atoms with Crippen molar-refractivity contribution in [3.8, 4) is 5.75 Å². The average molecular weight is 276 g/mol. The standard InChI is InChI=1S/C15H14ClNO2/c16-12-8-5-11(6-9-12)7-10-15(19)17-13-3-1-2-4-14(13)18/h1-6,8-9,18H,7,10H2,(H,17,19). The monoisotopic (exact) mass is 275 g/mol. The van der Waals surface area contributed by atoms with Crippen molar-refractivity contribution in [2.24, 2.45) is 0 Å². The molecule has 2 N–H and O–H groups in total. The van der Waals surface area contributed by atoms with Crippen LogP contribution in [0.5, 0.6) is 5.75 Å². The summed E-state index contributed by atoms with van der Waals surface area (Å²) in [5.74, 6) is -0.0567. The van der Waals surface area contributed by atoms with Crippen molar-refractivity contribution in [3.05, 3.63) is 59.1 Å². The lowest BCUT2D eigenvalue weighted by molar-refractivity contribution is -0.116. The van der Waals surface area contributed by atoms with Gasteiger partial charge in [-0.3, -0.25) is 4.79 Å². The molecular formula is C15H14ClNO2. The molecule has 0 aliphatic heterocycles. The molecule has 19 heavy (non-hydrogen) atoms. The first-order valence-electron chi connectivity index (χ1n) is 5.97. The molecule has 0 atom stereocenters. The maximum Gasteiger partial charge on any atom is 0.224 e. The molecule has 2 aromatic carbocycles. The predicted octanol–water partition coefficient (Wildman–Crippen LogP) is 3.62. The Balaban J connectivity index is 1.88. The molecule has 0 heterocycles. The highest BCUT2D eigenvalue weighted by Crippen LogP contribution is 2.21. The maximum absolute atomic E-state index is 11.8. The van der Waals surface area contributed by atoms with E-state index in [9.17, 15) is 9.90 Å². The van der Waals surface area contributed by atoms with Crippen LogP contribution in [0.4, 0.5) is 5.69 Å². The summed E-state index contributed by atoms with van der Waals surface area (Å²) in [5.41, 5.74) is 1.49. The van der Waals surface area contributed by atoms with Crippen molar-refractivity contribution >= 4 is 23.2 Å². The first-order valence-corrected chi connectivity index (χ1v) is 6.35. The molecule has 0 aromatic heterocycles. The highest BCUT2D eigenvalue weighted by atomic mass is 35.5. The molecule has 0 unspecified atom stereocenters. The molecule has 2 rings (SSSR count). The minimum absolute atomic E-state index is 0.0716. The molecule has 2 aromatic rings. The second-order valence-electron chi connectivity index (χ2n) is 4.19. The first-order chi connectivity index (χ1) is 9.15. The lowest BCUT2D eigenvalue weighted by atomic mass is 10.1. The molecule has 0 saturated carbocycles. The van der Waals surface area contributed by atoms with Crippen molar-refractivity contribution in [2.45, 2.75) is 12.8 Å². The summed E-state index contributed by atoms with van der Waals surface area (Å²) in [6.45, 7) is 0. The van der Waals surface area contributed by atoms with E-state index in [2.05, 4.69) is 5.32 Å². The van der Waals surface area contributed by atoms with Crippen molar-refractivity contribution < 1.29 is 9.90 Å². The molecule has 4 heteroatoms. The number of anilines is 1. The highest BCUT2D eigenvalue weighted by molar-refractivity contribution is 6.30. The Morgan fingerprint density at radius 3 is 2.47 bits per heavy atom. The minimum Gasteiger partial charge on any atom is -0.506 e. The second kappa shape index (κ2) is 6.25. The van der Waals surface area contributed by atoms with Crippen molar-refractivity contribution in [1.29, 1.82) is 0 Å². The molecule has 0 radical (unpaired) electrons. The number of carbonyl (C=O) groups is 1. The number of rotatable bonds is 4. The summed E-state index contributed by atoms with van der Waals surface area (Å²) in [6, 6.07) is 14.1. The van der Waals surface area contributed by atoms with Crippen LogP contribution in [0.15, 0.2) is 48.5 Å². The van der Waals surface area contributed by atoms with Crippen LogP contribution in [0, 0.1) is 0 Å². The molecule has 3 nitrogen and oxygen atoms in total. The fourth-order valence-corrected chi connectivity index (χ4v) is 1.83. The largest absolute Gasteiger partial charge is 0.506 e. The molecule has 0 aliphatic carbocycles. The van der Waals surface area contributed by atoms with Crippen LogP contribution in [0.25, 0.3) is 0 Å². The molecule has 98 valence electrons. The van der Waals surface area contributed by atoms with Gasteiger partial charge in [0.25, 0.3) is 0 Å². The predicted molar refractivity (Wildman–Crippen MR) is 76.5 cm³/mol. The molecule has 1 amide bonds. The van der Waals surface area contributed by atoms with Crippen molar-refractivity contribution in [2.75, 3.05) is 5.32 Å². The lowest BCUT2D eigenvalue weighted by Crippen LogP contribution is -2.12. The van der Waals surface area contributed by atoms with Gasteiger partial charge in [-0.1, -0.05) is 35.9 Å².